The van der Waals surface area contributed by atoms with E-state index in [1.165, 1.54) is 4.90 Å². The highest BCUT2D eigenvalue weighted by Crippen LogP contribution is 2.18. The number of β-amino-alcohol motifs (C(OH)–C–C–N with tert-alkyl or cyclic N) is 1. The molecule has 1 saturated heterocycles. The van der Waals surface area contributed by atoms with Gasteiger partial charge >= 0.3 is 0 Å². The first kappa shape index (κ1) is 21.1. The maximum absolute atomic E-state index is 13.4. The number of amides is 1. The van der Waals surface area contributed by atoms with Crippen LogP contribution in [0.15, 0.2) is 36.4 Å². The van der Waals surface area contributed by atoms with Gasteiger partial charge in [0.25, 0.3) is 5.91 Å². The molecule has 1 aromatic carbocycles. The van der Waals surface area contributed by atoms with Crippen molar-refractivity contribution in [1.82, 2.24) is 9.88 Å². The van der Waals surface area contributed by atoms with Gasteiger partial charge in [-0.3, -0.25) is 4.79 Å². The van der Waals surface area contributed by atoms with Crippen molar-refractivity contribution in [3.8, 4) is 5.88 Å². The van der Waals surface area contributed by atoms with E-state index in [1.807, 2.05) is 19.1 Å². The number of benzene rings is 1. The van der Waals surface area contributed by atoms with Gasteiger partial charge in [0.1, 0.15) is 18.9 Å². The number of rotatable bonds is 5. The Labute approximate surface area is 163 Å². The molecular formula is C19H23ClFN3O3. The van der Waals surface area contributed by atoms with Crippen molar-refractivity contribution >= 4 is 18.3 Å². The lowest BCUT2D eigenvalue weighted by Gasteiger charge is -2.16. The summed E-state index contributed by atoms with van der Waals surface area (Å²) in [6, 6.07) is 10.7. The standard InChI is InChI=1S/C19H22FN3O3.ClH/c1-12-5-14(8-21)7-18(22-12)26-11-13-3-2-4-15(6-13)19(25)23-9-16(20)17(24)10-23;/h2-7,16-17,24H,8-11,21H2,1H3;1H. The summed E-state index contributed by atoms with van der Waals surface area (Å²) in [6.45, 7) is 2.44. The van der Waals surface area contributed by atoms with Gasteiger partial charge in [0, 0.05) is 30.4 Å². The average Bonchev–Trinajstić information content (AvgIpc) is 2.98. The van der Waals surface area contributed by atoms with E-state index in [1.54, 1.807) is 24.3 Å². The highest BCUT2D eigenvalue weighted by Gasteiger charge is 2.34. The highest BCUT2D eigenvalue weighted by atomic mass is 35.5. The molecule has 2 unspecified atom stereocenters. The Morgan fingerprint density at radius 1 is 1.33 bits per heavy atom. The van der Waals surface area contributed by atoms with Crippen LogP contribution in [0.2, 0.25) is 0 Å². The minimum absolute atomic E-state index is 0. The fourth-order valence-corrected chi connectivity index (χ4v) is 2.95. The van der Waals surface area contributed by atoms with E-state index in [0.717, 1.165) is 16.8 Å². The van der Waals surface area contributed by atoms with E-state index in [-0.39, 0.29) is 38.0 Å². The Bertz CT molecular complexity index is 796. The molecule has 3 N–H and O–H groups in total. The fraction of sp³-hybridized carbons (Fsp3) is 0.368. The Hall–Kier alpha value is -2.22. The fourth-order valence-electron chi connectivity index (χ4n) is 2.95. The van der Waals surface area contributed by atoms with Gasteiger partial charge in [0.2, 0.25) is 5.88 Å². The SMILES string of the molecule is Cc1cc(CN)cc(OCc2cccc(C(=O)N3CC(O)C(F)C3)c2)n1.Cl. The van der Waals surface area contributed by atoms with Crippen molar-refractivity contribution in [1.29, 1.82) is 0 Å². The predicted octanol–water partition coefficient (Wildman–Crippen LogP) is 2.00. The normalized spacial score (nSPS) is 18.9. The maximum atomic E-state index is 13.4. The van der Waals surface area contributed by atoms with Crippen LogP contribution in [0.1, 0.15) is 27.2 Å². The maximum Gasteiger partial charge on any atom is 0.254 e. The van der Waals surface area contributed by atoms with E-state index in [0.29, 0.717) is 18.0 Å². The number of nitrogens with two attached hydrogens (primary N) is 1. The van der Waals surface area contributed by atoms with Crippen LogP contribution < -0.4 is 10.5 Å². The van der Waals surface area contributed by atoms with Crippen molar-refractivity contribution in [3.05, 3.63) is 58.8 Å². The lowest BCUT2D eigenvalue weighted by molar-refractivity contribution is 0.0764. The molecule has 8 heteroatoms. The van der Waals surface area contributed by atoms with Gasteiger partial charge in [-0.1, -0.05) is 12.1 Å². The Morgan fingerprint density at radius 2 is 2.11 bits per heavy atom. The summed E-state index contributed by atoms with van der Waals surface area (Å²) in [5.74, 6) is 0.176. The topological polar surface area (TPSA) is 88.7 Å². The zero-order chi connectivity index (χ0) is 18.7. The van der Waals surface area contributed by atoms with Crippen molar-refractivity contribution in [3.63, 3.8) is 0 Å². The van der Waals surface area contributed by atoms with E-state index >= 15 is 0 Å². The number of alkyl halides is 1. The minimum Gasteiger partial charge on any atom is -0.473 e. The number of aliphatic hydroxyl groups is 1. The number of aromatic nitrogens is 1. The summed E-state index contributed by atoms with van der Waals surface area (Å²) in [4.78, 5) is 18.1. The number of nitrogens with zero attached hydrogens (tertiary/aromatic N) is 2. The number of halogens is 2. The second kappa shape index (κ2) is 9.12. The van der Waals surface area contributed by atoms with Crippen molar-refractivity contribution in [2.24, 2.45) is 5.73 Å². The molecule has 27 heavy (non-hydrogen) atoms. The third-order valence-corrected chi connectivity index (χ3v) is 4.29. The van der Waals surface area contributed by atoms with Crippen LogP contribution in [0.25, 0.3) is 0 Å². The van der Waals surface area contributed by atoms with E-state index < -0.39 is 12.3 Å². The Kier molecular flexibility index (Phi) is 7.12. The first-order valence-electron chi connectivity index (χ1n) is 8.47. The van der Waals surface area contributed by atoms with Crippen LogP contribution in [0.3, 0.4) is 0 Å². The van der Waals surface area contributed by atoms with Crippen LogP contribution in [-0.2, 0) is 13.2 Å². The Balaban J connectivity index is 0.00000261. The molecule has 0 aliphatic carbocycles. The van der Waals surface area contributed by atoms with Gasteiger partial charge in [-0.05, 0) is 36.2 Å². The number of aryl methyl sites for hydroxylation is 1. The molecule has 1 aliphatic rings. The molecule has 1 aromatic heterocycles. The molecule has 1 aliphatic heterocycles. The summed E-state index contributed by atoms with van der Waals surface area (Å²) >= 11 is 0. The molecule has 1 amide bonds. The first-order chi connectivity index (χ1) is 12.5. The minimum atomic E-state index is -1.39. The monoisotopic (exact) mass is 395 g/mol. The van der Waals surface area contributed by atoms with Gasteiger partial charge in [-0.15, -0.1) is 12.4 Å². The van der Waals surface area contributed by atoms with Crippen LogP contribution in [-0.4, -0.2) is 46.3 Å². The van der Waals surface area contributed by atoms with Gasteiger partial charge < -0.3 is 20.5 Å². The van der Waals surface area contributed by atoms with Crippen LogP contribution in [0.4, 0.5) is 4.39 Å². The number of aliphatic hydroxyl groups excluding tert-OH is 1. The number of likely N-dealkylation sites (tertiary alicyclic amines) is 1. The molecule has 0 spiro atoms. The van der Waals surface area contributed by atoms with Crippen LogP contribution in [0, 0.1) is 6.92 Å². The van der Waals surface area contributed by atoms with Gasteiger partial charge in [-0.2, -0.15) is 0 Å². The van der Waals surface area contributed by atoms with Crippen molar-refractivity contribution in [2.45, 2.75) is 32.4 Å². The molecule has 0 radical (unpaired) electrons. The quantitative estimate of drug-likeness (QED) is 0.808. The van der Waals surface area contributed by atoms with Gasteiger partial charge in [0.15, 0.2) is 0 Å². The molecule has 0 bridgehead atoms. The molecule has 2 aromatic rings. The third kappa shape index (κ3) is 5.15. The van der Waals surface area contributed by atoms with Crippen LogP contribution in [0.5, 0.6) is 5.88 Å². The van der Waals surface area contributed by atoms with Crippen molar-refractivity contribution in [2.75, 3.05) is 13.1 Å². The molecular weight excluding hydrogens is 373 g/mol. The van der Waals surface area contributed by atoms with Crippen LogP contribution >= 0.6 is 12.4 Å². The lowest BCUT2D eigenvalue weighted by Crippen LogP contribution is -2.29. The summed E-state index contributed by atoms with van der Waals surface area (Å²) in [6.07, 6.45) is -2.51. The molecule has 3 rings (SSSR count). The predicted molar refractivity (Wildman–Crippen MR) is 102 cm³/mol. The molecule has 1 fully saturated rings. The Morgan fingerprint density at radius 3 is 2.78 bits per heavy atom. The second-order valence-corrected chi connectivity index (χ2v) is 6.44. The van der Waals surface area contributed by atoms with Gasteiger partial charge in [0.05, 0.1) is 6.54 Å². The number of carbonyl (C=O) groups is 1. The molecule has 2 atom stereocenters. The summed E-state index contributed by atoms with van der Waals surface area (Å²) < 4.78 is 19.2. The van der Waals surface area contributed by atoms with E-state index in [4.69, 9.17) is 10.5 Å². The summed E-state index contributed by atoms with van der Waals surface area (Å²) in [7, 11) is 0. The summed E-state index contributed by atoms with van der Waals surface area (Å²) in [5, 5.41) is 9.49. The zero-order valence-corrected chi connectivity index (χ0v) is 15.8. The highest BCUT2D eigenvalue weighted by molar-refractivity contribution is 5.94. The number of hydrogen-bond acceptors (Lipinski definition) is 5. The molecule has 2 heterocycles. The zero-order valence-electron chi connectivity index (χ0n) is 15.0. The largest absolute Gasteiger partial charge is 0.473 e. The van der Waals surface area contributed by atoms with E-state index in [9.17, 15) is 14.3 Å². The third-order valence-electron chi connectivity index (χ3n) is 4.29. The molecule has 0 saturated carbocycles. The number of carbonyl (C=O) groups excluding carboxylic acids is 1. The number of hydrogen-bond donors (Lipinski definition) is 2. The van der Waals surface area contributed by atoms with Crippen molar-refractivity contribution < 1.29 is 19.0 Å². The van der Waals surface area contributed by atoms with E-state index in [2.05, 4.69) is 4.98 Å². The first-order valence-corrected chi connectivity index (χ1v) is 8.47. The second-order valence-electron chi connectivity index (χ2n) is 6.44. The molecule has 146 valence electrons. The number of pyridine rings is 1. The smallest absolute Gasteiger partial charge is 0.254 e. The summed E-state index contributed by atoms with van der Waals surface area (Å²) in [5.41, 5.74) is 8.65. The average molecular weight is 396 g/mol. The molecule has 6 nitrogen and oxygen atoms in total. The van der Waals surface area contributed by atoms with Gasteiger partial charge in [-0.25, -0.2) is 9.37 Å². The number of ether oxygens (including phenoxy) is 1. The lowest BCUT2D eigenvalue weighted by atomic mass is 10.1.